The summed E-state index contributed by atoms with van der Waals surface area (Å²) < 4.78 is 33.9. The van der Waals surface area contributed by atoms with E-state index in [1.807, 2.05) is 57.2 Å². The molecule has 0 aromatic heterocycles. The molecule has 0 aliphatic heterocycles. The van der Waals surface area contributed by atoms with Gasteiger partial charge in [0.1, 0.15) is 5.75 Å². The van der Waals surface area contributed by atoms with E-state index in [2.05, 4.69) is 10.0 Å². The third-order valence-electron chi connectivity index (χ3n) is 5.08. The summed E-state index contributed by atoms with van der Waals surface area (Å²) in [6, 6.07) is 19.1. The zero-order valence-corrected chi connectivity index (χ0v) is 19.5. The van der Waals surface area contributed by atoms with Crippen LogP contribution >= 0.6 is 0 Å². The van der Waals surface area contributed by atoms with Crippen LogP contribution in [0.3, 0.4) is 0 Å². The number of carbonyl (C=O) groups excluding carboxylic acids is 1. The van der Waals surface area contributed by atoms with Gasteiger partial charge in [-0.2, -0.15) is 0 Å². The third-order valence-corrected chi connectivity index (χ3v) is 6.47. The highest BCUT2D eigenvalue weighted by molar-refractivity contribution is 7.92. The van der Waals surface area contributed by atoms with Crippen molar-refractivity contribution in [2.24, 2.45) is 0 Å². The molecule has 3 aromatic rings. The lowest BCUT2D eigenvalue weighted by Gasteiger charge is -2.17. The van der Waals surface area contributed by atoms with Crippen LogP contribution in [-0.4, -0.2) is 20.4 Å². The third kappa shape index (κ3) is 5.68. The summed E-state index contributed by atoms with van der Waals surface area (Å²) in [7, 11) is -3.75. The number of hydrogen-bond acceptors (Lipinski definition) is 4. The molecular formula is C25H28N2O4S. The second-order valence-electron chi connectivity index (χ2n) is 7.66. The van der Waals surface area contributed by atoms with Crippen LogP contribution in [0.5, 0.6) is 5.75 Å². The molecule has 0 fully saturated rings. The average molecular weight is 453 g/mol. The SMILES string of the molecule is CCc1ccccc1O[C@@H](C)C(=O)Nc1ccc(S(=O)(=O)Nc2ccc(C)cc2C)cc1. The van der Waals surface area contributed by atoms with E-state index in [9.17, 15) is 13.2 Å². The molecular weight excluding hydrogens is 424 g/mol. The first kappa shape index (κ1) is 23.3. The molecule has 0 spiro atoms. The number of rotatable bonds is 8. The molecule has 7 heteroatoms. The Labute approximate surface area is 189 Å². The fraction of sp³-hybridized carbons (Fsp3) is 0.240. The smallest absolute Gasteiger partial charge is 0.265 e. The predicted octanol–water partition coefficient (Wildman–Crippen LogP) is 5.07. The van der Waals surface area contributed by atoms with Crippen molar-refractivity contribution in [3.05, 3.63) is 83.4 Å². The van der Waals surface area contributed by atoms with Gasteiger partial charge in [-0.1, -0.05) is 42.8 Å². The van der Waals surface area contributed by atoms with Gasteiger partial charge in [0, 0.05) is 5.69 Å². The van der Waals surface area contributed by atoms with Crippen molar-refractivity contribution in [3.8, 4) is 5.75 Å². The maximum absolute atomic E-state index is 12.7. The fourth-order valence-corrected chi connectivity index (χ4v) is 4.38. The summed E-state index contributed by atoms with van der Waals surface area (Å²) in [6.07, 6.45) is 0.0913. The topological polar surface area (TPSA) is 84.5 Å². The molecule has 2 N–H and O–H groups in total. The maximum atomic E-state index is 12.7. The highest BCUT2D eigenvalue weighted by Gasteiger charge is 2.18. The highest BCUT2D eigenvalue weighted by Crippen LogP contribution is 2.23. The lowest BCUT2D eigenvalue weighted by molar-refractivity contribution is -0.122. The van der Waals surface area contributed by atoms with Crippen molar-refractivity contribution in [1.29, 1.82) is 0 Å². The Morgan fingerprint density at radius 3 is 2.34 bits per heavy atom. The molecule has 1 amide bonds. The molecule has 0 saturated heterocycles. The molecule has 0 aliphatic rings. The van der Waals surface area contributed by atoms with E-state index in [1.165, 1.54) is 12.1 Å². The minimum absolute atomic E-state index is 0.108. The molecule has 32 heavy (non-hydrogen) atoms. The predicted molar refractivity (Wildman–Crippen MR) is 128 cm³/mol. The first-order valence-corrected chi connectivity index (χ1v) is 11.9. The van der Waals surface area contributed by atoms with Crippen LogP contribution in [0.2, 0.25) is 0 Å². The Bertz CT molecular complexity index is 1200. The van der Waals surface area contributed by atoms with Crippen LogP contribution in [0.1, 0.15) is 30.5 Å². The van der Waals surface area contributed by atoms with Crippen LogP contribution in [0, 0.1) is 13.8 Å². The Balaban J connectivity index is 1.66. The molecule has 6 nitrogen and oxygen atoms in total. The minimum Gasteiger partial charge on any atom is -0.481 e. The number of hydrogen-bond donors (Lipinski definition) is 2. The molecule has 0 unspecified atom stereocenters. The summed E-state index contributed by atoms with van der Waals surface area (Å²) in [4.78, 5) is 12.6. The van der Waals surface area contributed by atoms with Crippen molar-refractivity contribution in [3.63, 3.8) is 0 Å². The summed E-state index contributed by atoms with van der Waals surface area (Å²) in [5.74, 6) is 0.358. The van der Waals surface area contributed by atoms with Gasteiger partial charge in [-0.05, 0) is 74.7 Å². The van der Waals surface area contributed by atoms with Crippen molar-refractivity contribution in [2.75, 3.05) is 10.0 Å². The second kappa shape index (κ2) is 9.87. The van der Waals surface area contributed by atoms with Gasteiger partial charge in [-0.3, -0.25) is 9.52 Å². The molecule has 3 rings (SSSR count). The fourth-order valence-electron chi connectivity index (χ4n) is 3.25. The Kier molecular flexibility index (Phi) is 7.20. The quantitative estimate of drug-likeness (QED) is 0.500. The molecule has 0 radical (unpaired) electrons. The molecule has 0 aliphatic carbocycles. The average Bonchev–Trinajstić information content (AvgIpc) is 2.76. The Hall–Kier alpha value is -3.32. The Morgan fingerprint density at radius 1 is 1.00 bits per heavy atom. The number of benzene rings is 3. The van der Waals surface area contributed by atoms with Crippen LogP contribution < -0.4 is 14.8 Å². The van der Waals surface area contributed by atoms with Gasteiger partial charge in [0.15, 0.2) is 6.10 Å². The van der Waals surface area contributed by atoms with Crippen LogP contribution in [0.15, 0.2) is 71.6 Å². The maximum Gasteiger partial charge on any atom is 0.265 e. The van der Waals surface area contributed by atoms with Gasteiger partial charge in [0.05, 0.1) is 10.6 Å². The van der Waals surface area contributed by atoms with E-state index in [0.717, 1.165) is 23.1 Å². The largest absolute Gasteiger partial charge is 0.481 e. The van der Waals surface area contributed by atoms with Gasteiger partial charge in [0.25, 0.3) is 15.9 Å². The minimum atomic E-state index is -3.75. The zero-order valence-electron chi connectivity index (χ0n) is 18.7. The van der Waals surface area contributed by atoms with Crippen molar-refractivity contribution in [2.45, 2.75) is 45.1 Å². The van der Waals surface area contributed by atoms with Gasteiger partial charge in [-0.25, -0.2) is 8.42 Å². The first-order valence-electron chi connectivity index (χ1n) is 10.4. The molecule has 3 aromatic carbocycles. The number of aryl methyl sites for hydroxylation is 3. The zero-order chi connectivity index (χ0) is 23.3. The number of ether oxygens (including phenoxy) is 1. The van der Waals surface area contributed by atoms with Crippen LogP contribution in [-0.2, 0) is 21.2 Å². The molecule has 168 valence electrons. The van der Waals surface area contributed by atoms with Crippen molar-refractivity contribution < 1.29 is 17.9 Å². The summed E-state index contributed by atoms with van der Waals surface area (Å²) in [5.41, 5.74) is 3.95. The normalized spacial score (nSPS) is 12.1. The number of nitrogens with one attached hydrogen (secondary N) is 2. The molecule has 1 atom stereocenters. The second-order valence-corrected chi connectivity index (χ2v) is 9.34. The Morgan fingerprint density at radius 2 is 1.69 bits per heavy atom. The van der Waals surface area contributed by atoms with Gasteiger partial charge >= 0.3 is 0 Å². The first-order chi connectivity index (χ1) is 15.2. The van der Waals surface area contributed by atoms with Crippen molar-refractivity contribution >= 4 is 27.3 Å². The molecule has 0 heterocycles. The van der Waals surface area contributed by atoms with E-state index in [4.69, 9.17) is 4.74 Å². The summed E-state index contributed by atoms with van der Waals surface area (Å²) in [5, 5.41) is 2.76. The number of amides is 1. The van der Waals surface area contributed by atoms with Crippen molar-refractivity contribution in [1.82, 2.24) is 0 Å². The van der Waals surface area contributed by atoms with E-state index < -0.39 is 16.1 Å². The number of para-hydroxylation sites is 1. The lowest BCUT2D eigenvalue weighted by atomic mass is 10.1. The van der Waals surface area contributed by atoms with E-state index in [0.29, 0.717) is 17.1 Å². The van der Waals surface area contributed by atoms with Crippen LogP contribution in [0.25, 0.3) is 0 Å². The van der Waals surface area contributed by atoms with E-state index in [1.54, 1.807) is 25.1 Å². The standard InChI is InChI=1S/C25H28N2O4S/c1-5-20-8-6-7-9-24(20)31-19(4)25(28)26-21-11-13-22(14-12-21)32(29,30)27-23-15-10-17(2)16-18(23)3/h6-16,19,27H,5H2,1-4H3,(H,26,28)/t19-/m0/s1. The molecule has 0 bridgehead atoms. The summed E-state index contributed by atoms with van der Waals surface area (Å²) >= 11 is 0. The van der Waals surface area contributed by atoms with Gasteiger partial charge in [0.2, 0.25) is 0 Å². The van der Waals surface area contributed by atoms with Gasteiger partial charge in [-0.15, -0.1) is 0 Å². The monoisotopic (exact) mass is 452 g/mol. The summed E-state index contributed by atoms with van der Waals surface area (Å²) in [6.45, 7) is 7.50. The number of anilines is 2. The van der Waals surface area contributed by atoms with E-state index in [-0.39, 0.29) is 10.8 Å². The lowest BCUT2D eigenvalue weighted by Crippen LogP contribution is -2.30. The van der Waals surface area contributed by atoms with E-state index >= 15 is 0 Å². The van der Waals surface area contributed by atoms with Gasteiger partial charge < -0.3 is 10.1 Å². The highest BCUT2D eigenvalue weighted by atomic mass is 32.2. The van der Waals surface area contributed by atoms with Crippen LogP contribution in [0.4, 0.5) is 11.4 Å². The number of carbonyl (C=O) groups is 1. The molecule has 0 saturated carbocycles. The number of sulfonamides is 1.